The van der Waals surface area contributed by atoms with Crippen molar-refractivity contribution in [1.82, 2.24) is 0 Å². The molecule has 1 amide bonds. The molecule has 4 aromatic rings. The lowest BCUT2D eigenvalue weighted by Crippen LogP contribution is -2.22. The maximum atomic E-state index is 13.2. The smallest absolute Gasteiger partial charge is 0.262 e. The molecule has 1 heterocycles. The van der Waals surface area contributed by atoms with Gasteiger partial charge < -0.3 is 14.5 Å². The average Bonchev–Trinajstić information content (AvgIpc) is 2.75. The van der Waals surface area contributed by atoms with Gasteiger partial charge >= 0.3 is 0 Å². The number of amides is 1. The second-order valence-corrected chi connectivity index (χ2v) is 7.68. The Morgan fingerprint density at radius 3 is 2.45 bits per heavy atom. The molecule has 6 heteroatoms. The Morgan fingerprint density at radius 1 is 1.00 bits per heavy atom. The van der Waals surface area contributed by atoms with Gasteiger partial charge in [0.25, 0.3) is 5.91 Å². The predicted octanol–water partition coefficient (Wildman–Crippen LogP) is 5.75. The molecule has 0 saturated heterocycles. The van der Waals surface area contributed by atoms with Crippen molar-refractivity contribution in [2.75, 3.05) is 11.9 Å². The molecular formula is C25H20ClNO4. The first-order valence-electron chi connectivity index (χ1n) is 9.74. The fourth-order valence-electron chi connectivity index (χ4n) is 3.20. The second-order valence-electron chi connectivity index (χ2n) is 7.27. The Balaban J connectivity index is 1.71. The van der Waals surface area contributed by atoms with Crippen LogP contribution in [0.4, 0.5) is 5.69 Å². The predicted molar refractivity (Wildman–Crippen MR) is 123 cm³/mol. The van der Waals surface area contributed by atoms with Crippen molar-refractivity contribution in [3.63, 3.8) is 0 Å². The van der Waals surface area contributed by atoms with E-state index < -0.39 is 5.91 Å². The van der Waals surface area contributed by atoms with Crippen molar-refractivity contribution < 1.29 is 13.9 Å². The van der Waals surface area contributed by atoms with Crippen LogP contribution < -0.4 is 15.5 Å². The maximum Gasteiger partial charge on any atom is 0.262 e. The van der Waals surface area contributed by atoms with Gasteiger partial charge in [-0.15, -0.1) is 0 Å². The Hall–Kier alpha value is -3.57. The zero-order chi connectivity index (χ0) is 22.0. The normalized spacial score (nSPS) is 10.8. The van der Waals surface area contributed by atoms with Crippen molar-refractivity contribution in [3.8, 4) is 17.1 Å². The molecule has 0 bridgehead atoms. The van der Waals surface area contributed by atoms with E-state index in [-0.39, 0.29) is 23.5 Å². The number of fused-ring (bicyclic) bond motifs is 1. The maximum absolute atomic E-state index is 13.2. The number of ether oxygens (including phenoxy) is 1. The summed E-state index contributed by atoms with van der Waals surface area (Å²) >= 11 is 6.09. The molecule has 0 aliphatic heterocycles. The second kappa shape index (κ2) is 8.66. The standard InChI is InChI=1S/C25H20ClNO4/c1-15-7-10-17(11-8-15)24-25(23(29)18-13-16(2)9-12-21(18)31-24)30-14-22(28)27-20-6-4-3-5-19(20)26/h3-13H,14H2,1-2H3,(H,27,28). The Labute approximate surface area is 184 Å². The van der Waals surface area contributed by atoms with Crippen molar-refractivity contribution in [3.05, 3.63) is 93.1 Å². The van der Waals surface area contributed by atoms with Gasteiger partial charge in [0.2, 0.25) is 11.2 Å². The van der Waals surface area contributed by atoms with E-state index in [4.69, 9.17) is 20.8 Å². The van der Waals surface area contributed by atoms with E-state index in [1.165, 1.54) is 0 Å². The quantitative estimate of drug-likeness (QED) is 0.435. The molecular weight excluding hydrogens is 414 g/mol. The monoisotopic (exact) mass is 433 g/mol. The summed E-state index contributed by atoms with van der Waals surface area (Å²) in [7, 11) is 0. The van der Waals surface area contributed by atoms with Gasteiger partial charge in [-0.1, -0.05) is 65.2 Å². The zero-order valence-electron chi connectivity index (χ0n) is 17.1. The lowest BCUT2D eigenvalue weighted by molar-refractivity contribution is -0.118. The van der Waals surface area contributed by atoms with Crippen LogP contribution in [0.25, 0.3) is 22.3 Å². The van der Waals surface area contributed by atoms with Crippen LogP contribution in [0.3, 0.4) is 0 Å². The fraction of sp³-hybridized carbons (Fsp3) is 0.120. The van der Waals surface area contributed by atoms with Gasteiger partial charge in [0.05, 0.1) is 16.1 Å². The number of carbonyl (C=O) groups excluding carboxylic acids is 1. The van der Waals surface area contributed by atoms with Crippen LogP contribution in [0.1, 0.15) is 11.1 Å². The highest BCUT2D eigenvalue weighted by molar-refractivity contribution is 6.33. The number of halogens is 1. The van der Waals surface area contributed by atoms with E-state index in [9.17, 15) is 9.59 Å². The number of benzene rings is 3. The third kappa shape index (κ3) is 4.47. The fourth-order valence-corrected chi connectivity index (χ4v) is 3.39. The number of aryl methyl sites for hydroxylation is 2. The average molecular weight is 434 g/mol. The number of nitrogens with one attached hydrogen (secondary N) is 1. The van der Waals surface area contributed by atoms with Crippen molar-refractivity contribution in [2.45, 2.75) is 13.8 Å². The van der Waals surface area contributed by atoms with E-state index >= 15 is 0 Å². The molecule has 156 valence electrons. The molecule has 5 nitrogen and oxygen atoms in total. The first-order valence-corrected chi connectivity index (χ1v) is 10.1. The summed E-state index contributed by atoms with van der Waals surface area (Å²) in [5, 5.41) is 3.50. The van der Waals surface area contributed by atoms with Gasteiger partial charge in [-0.25, -0.2) is 0 Å². The molecule has 0 atom stereocenters. The van der Waals surface area contributed by atoms with Gasteiger partial charge in [-0.3, -0.25) is 9.59 Å². The number of rotatable bonds is 5. The molecule has 1 aromatic heterocycles. The molecule has 0 aliphatic rings. The third-order valence-corrected chi connectivity index (χ3v) is 5.14. The van der Waals surface area contributed by atoms with E-state index in [0.29, 0.717) is 27.2 Å². The molecule has 0 fully saturated rings. The Morgan fingerprint density at radius 2 is 1.71 bits per heavy atom. The molecule has 4 rings (SSSR count). The first-order chi connectivity index (χ1) is 14.9. The first kappa shape index (κ1) is 20.7. The summed E-state index contributed by atoms with van der Waals surface area (Å²) in [6.07, 6.45) is 0. The highest BCUT2D eigenvalue weighted by atomic mass is 35.5. The lowest BCUT2D eigenvalue weighted by Gasteiger charge is -2.13. The number of anilines is 1. The zero-order valence-corrected chi connectivity index (χ0v) is 17.8. The number of carbonyl (C=O) groups is 1. The van der Waals surface area contributed by atoms with Gasteiger partial charge in [-0.2, -0.15) is 0 Å². The molecule has 1 N–H and O–H groups in total. The van der Waals surface area contributed by atoms with Crippen molar-refractivity contribution in [2.24, 2.45) is 0 Å². The minimum Gasteiger partial charge on any atom is -0.476 e. The summed E-state index contributed by atoms with van der Waals surface area (Å²) < 4.78 is 11.8. The van der Waals surface area contributed by atoms with Crippen LogP contribution in [-0.4, -0.2) is 12.5 Å². The van der Waals surface area contributed by atoms with Crippen LogP contribution in [0.15, 0.2) is 75.9 Å². The van der Waals surface area contributed by atoms with Crippen molar-refractivity contribution >= 4 is 34.2 Å². The van der Waals surface area contributed by atoms with Gasteiger partial charge in [0.1, 0.15) is 5.58 Å². The SMILES string of the molecule is Cc1ccc(-c2oc3ccc(C)cc3c(=O)c2OCC(=O)Nc2ccccc2Cl)cc1. The van der Waals surface area contributed by atoms with E-state index in [1.807, 2.05) is 44.2 Å². The van der Waals surface area contributed by atoms with Crippen LogP contribution in [0.2, 0.25) is 5.02 Å². The van der Waals surface area contributed by atoms with E-state index in [0.717, 1.165) is 11.1 Å². The summed E-state index contributed by atoms with van der Waals surface area (Å²) in [6.45, 7) is 3.50. The largest absolute Gasteiger partial charge is 0.476 e. The van der Waals surface area contributed by atoms with Gasteiger partial charge in [-0.05, 0) is 38.1 Å². The van der Waals surface area contributed by atoms with Crippen LogP contribution in [0.5, 0.6) is 5.75 Å². The Bertz CT molecular complexity index is 1330. The number of hydrogen-bond acceptors (Lipinski definition) is 4. The van der Waals surface area contributed by atoms with Crippen LogP contribution in [-0.2, 0) is 4.79 Å². The summed E-state index contributed by atoms with van der Waals surface area (Å²) in [5.74, 6) is -0.158. The number of hydrogen-bond donors (Lipinski definition) is 1. The third-order valence-electron chi connectivity index (χ3n) is 4.81. The van der Waals surface area contributed by atoms with Crippen LogP contribution >= 0.6 is 11.6 Å². The molecule has 0 radical (unpaired) electrons. The van der Waals surface area contributed by atoms with Crippen LogP contribution in [0, 0.1) is 13.8 Å². The highest BCUT2D eigenvalue weighted by Gasteiger charge is 2.19. The van der Waals surface area contributed by atoms with E-state index in [1.54, 1.807) is 36.4 Å². The molecule has 0 unspecified atom stereocenters. The van der Waals surface area contributed by atoms with E-state index in [2.05, 4.69) is 5.32 Å². The number of para-hydroxylation sites is 1. The summed E-state index contributed by atoms with van der Waals surface area (Å²) in [4.78, 5) is 25.7. The lowest BCUT2D eigenvalue weighted by atomic mass is 10.1. The molecule has 0 saturated carbocycles. The molecule has 31 heavy (non-hydrogen) atoms. The topological polar surface area (TPSA) is 68.5 Å². The molecule has 3 aromatic carbocycles. The molecule has 0 aliphatic carbocycles. The molecule has 0 spiro atoms. The highest BCUT2D eigenvalue weighted by Crippen LogP contribution is 2.31. The summed E-state index contributed by atoms with van der Waals surface area (Å²) in [6, 6.07) is 19.8. The minimum absolute atomic E-state index is 0.00346. The Kier molecular flexibility index (Phi) is 5.78. The van der Waals surface area contributed by atoms with Gasteiger partial charge in [0, 0.05) is 5.56 Å². The van der Waals surface area contributed by atoms with Gasteiger partial charge in [0.15, 0.2) is 12.4 Å². The van der Waals surface area contributed by atoms with Crippen molar-refractivity contribution in [1.29, 1.82) is 0 Å². The summed E-state index contributed by atoms with van der Waals surface area (Å²) in [5.41, 5.74) is 3.28. The minimum atomic E-state index is -0.438.